The van der Waals surface area contributed by atoms with Gasteiger partial charge < -0.3 is 19.9 Å². The average molecular weight is 344 g/mol. The lowest BCUT2D eigenvalue weighted by Crippen LogP contribution is -2.38. The van der Waals surface area contributed by atoms with Gasteiger partial charge in [-0.15, -0.1) is 10.2 Å². The second-order valence-corrected chi connectivity index (χ2v) is 6.00. The molecule has 0 unspecified atom stereocenters. The lowest BCUT2D eigenvalue weighted by molar-refractivity contribution is 0.195. The molecular formula is C18H28N6O. The van der Waals surface area contributed by atoms with Gasteiger partial charge in [0, 0.05) is 27.3 Å². The number of nitrogens with one attached hydrogen (secondary N) is 2. The van der Waals surface area contributed by atoms with Crippen LogP contribution >= 0.6 is 0 Å². The molecule has 1 aromatic carbocycles. The van der Waals surface area contributed by atoms with Crippen LogP contribution in [0.3, 0.4) is 0 Å². The molecule has 0 aliphatic heterocycles. The monoisotopic (exact) mass is 344 g/mol. The third-order valence-corrected chi connectivity index (χ3v) is 3.95. The molecule has 7 nitrogen and oxygen atoms in total. The van der Waals surface area contributed by atoms with Crippen molar-refractivity contribution in [3.63, 3.8) is 0 Å². The van der Waals surface area contributed by atoms with Crippen molar-refractivity contribution < 1.29 is 4.74 Å². The Morgan fingerprint density at radius 1 is 1.16 bits per heavy atom. The Labute approximate surface area is 149 Å². The first-order valence-corrected chi connectivity index (χ1v) is 8.51. The number of rotatable bonds is 8. The smallest absolute Gasteiger partial charge is 0.191 e. The summed E-state index contributed by atoms with van der Waals surface area (Å²) in [5.41, 5.74) is 2.43. The van der Waals surface area contributed by atoms with E-state index in [9.17, 15) is 0 Å². The minimum Gasteiger partial charge on any atom is -0.385 e. The molecule has 2 N–H and O–H groups in total. The molecule has 0 atom stereocenters. The maximum absolute atomic E-state index is 5.09. The number of guanidine groups is 1. The van der Waals surface area contributed by atoms with E-state index in [0.717, 1.165) is 37.2 Å². The predicted molar refractivity (Wildman–Crippen MR) is 99.4 cm³/mol. The number of aliphatic imine (C=N–C) groups is 1. The molecule has 25 heavy (non-hydrogen) atoms. The van der Waals surface area contributed by atoms with Crippen LogP contribution in [0.15, 0.2) is 29.3 Å². The van der Waals surface area contributed by atoms with Gasteiger partial charge in [-0.1, -0.05) is 29.8 Å². The number of aromatic nitrogens is 3. The molecule has 136 valence electrons. The molecule has 2 aromatic rings. The van der Waals surface area contributed by atoms with Gasteiger partial charge in [0.1, 0.15) is 5.82 Å². The second kappa shape index (κ2) is 9.78. The van der Waals surface area contributed by atoms with E-state index in [1.165, 1.54) is 11.1 Å². The first-order chi connectivity index (χ1) is 12.1. The van der Waals surface area contributed by atoms with Crippen molar-refractivity contribution in [2.45, 2.75) is 33.4 Å². The Hall–Kier alpha value is -2.41. The highest BCUT2D eigenvalue weighted by atomic mass is 16.5. The van der Waals surface area contributed by atoms with Crippen LogP contribution in [0.25, 0.3) is 0 Å². The summed E-state index contributed by atoms with van der Waals surface area (Å²) < 4.78 is 7.06. The summed E-state index contributed by atoms with van der Waals surface area (Å²) in [6, 6.07) is 8.42. The SMILES string of the molecule is COCCCNC(=NCc1ccc(C)cc1)NCc1nnc(C)n1C. The zero-order valence-electron chi connectivity index (χ0n) is 15.5. The van der Waals surface area contributed by atoms with Gasteiger partial charge in [0.2, 0.25) is 0 Å². The van der Waals surface area contributed by atoms with E-state index in [1.54, 1.807) is 7.11 Å². The highest BCUT2D eigenvalue weighted by molar-refractivity contribution is 5.79. The van der Waals surface area contributed by atoms with E-state index in [2.05, 4.69) is 57.0 Å². The van der Waals surface area contributed by atoms with Crippen LogP contribution in [0.1, 0.15) is 29.2 Å². The Kier molecular flexibility index (Phi) is 7.40. The normalized spacial score (nSPS) is 11.6. The molecular weight excluding hydrogens is 316 g/mol. The Balaban J connectivity index is 1.96. The van der Waals surface area contributed by atoms with E-state index in [1.807, 2.05) is 18.5 Å². The Morgan fingerprint density at radius 2 is 1.92 bits per heavy atom. The van der Waals surface area contributed by atoms with Crippen LogP contribution in [0.2, 0.25) is 0 Å². The topological polar surface area (TPSA) is 76.4 Å². The van der Waals surface area contributed by atoms with Crippen LogP contribution in [0.4, 0.5) is 0 Å². The summed E-state index contributed by atoms with van der Waals surface area (Å²) in [5.74, 6) is 2.53. The largest absolute Gasteiger partial charge is 0.385 e. The number of hydrogen-bond acceptors (Lipinski definition) is 4. The van der Waals surface area contributed by atoms with Gasteiger partial charge in [0.05, 0.1) is 13.1 Å². The van der Waals surface area contributed by atoms with Crippen molar-refractivity contribution >= 4 is 5.96 Å². The number of nitrogens with zero attached hydrogens (tertiary/aromatic N) is 4. The molecule has 0 aliphatic carbocycles. The number of hydrogen-bond donors (Lipinski definition) is 2. The van der Waals surface area contributed by atoms with Crippen molar-refractivity contribution in [3.8, 4) is 0 Å². The maximum atomic E-state index is 5.09. The minimum absolute atomic E-state index is 0.571. The molecule has 7 heteroatoms. The number of aryl methyl sites for hydroxylation is 2. The van der Waals surface area contributed by atoms with Gasteiger partial charge in [0.15, 0.2) is 11.8 Å². The van der Waals surface area contributed by atoms with Gasteiger partial charge in [-0.05, 0) is 25.8 Å². The van der Waals surface area contributed by atoms with E-state index >= 15 is 0 Å². The standard InChI is InChI=1S/C18H28N6O/c1-14-6-8-16(9-7-14)12-20-18(19-10-5-11-25-4)21-13-17-23-22-15(2)24(17)3/h6-9H,5,10-13H2,1-4H3,(H2,19,20,21). The van der Waals surface area contributed by atoms with Gasteiger partial charge >= 0.3 is 0 Å². The van der Waals surface area contributed by atoms with Crippen molar-refractivity contribution in [1.82, 2.24) is 25.4 Å². The van der Waals surface area contributed by atoms with Crippen molar-refractivity contribution in [3.05, 3.63) is 47.0 Å². The van der Waals surface area contributed by atoms with Crippen molar-refractivity contribution in [2.24, 2.45) is 12.0 Å². The predicted octanol–water partition coefficient (Wildman–Crippen LogP) is 1.70. The summed E-state index contributed by atoms with van der Waals surface area (Å²) in [4.78, 5) is 4.67. The van der Waals surface area contributed by atoms with E-state index in [4.69, 9.17) is 4.74 Å². The van der Waals surface area contributed by atoms with Gasteiger partial charge in [0.25, 0.3) is 0 Å². The molecule has 0 saturated heterocycles. The molecule has 0 aliphatic rings. The fraction of sp³-hybridized carbons (Fsp3) is 0.500. The molecule has 0 amide bonds. The van der Waals surface area contributed by atoms with Crippen molar-refractivity contribution in [2.75, 3.05) is 20.3 Å². The van der Waals surface area contributed by atoms with Crippen LogP contribution in [0.5, 0.6) is 0 Å². The third-order valence-electron chi connectivity index (χ3n) is 3.95. The van der Waals surface area contributed by atoms with Crippen LogP contribution in [-0.4, -0.2) is 41.0 Å². The zero-order chi connectivity index (χ0) is 18.1. The Bertz CT molecular complexity index is 677. The summed E-state index contributed by atoms with van der Waals surface area (Å²) >= 11 is 0. The van der Waals surface area contributed by atoms with Gasteiger partial charge in [-0.3, -0.25) is 0 Å². The maximum Gasteiger partial charge on any atom is 0.191 e. The second-order valence-electron chi connectivity index (χ2n) is 6.00. The molecule has 0 spiro atoms. The van der Waals surface area contributed by atoms with Crippen LogP contribution in [-0.2, 0) is 24.9 Å². The number of ether oxygens (including phenoxy) is 1. The van der Waals surface area contributed by atoms with E-state index in [-0.39, 0.29) is 0 Å². The number of benzene rings is 1. The molecule has 1 aromatic heterocycles. The molecule has 0 fully saturated rings. The third kappa shape index (κ3) is 6.19. The molecule has 0 bridgehead atoms. The fourth-order valence-electron chi connectivity index (χ4n) is 2.23. The summed E-state index contributed by atoms with van der Waals surface area (Å²) in [5, 5.41) is 14.9. The minimum atomic E-state index is 0.571. The lowest BCUT2D eigenvalue weighted by atomic mass is 10.1. The number of methoxy groups -OCH3 is 1. The average Bonchev–Trinajstić information content (AvgIpc) is 2.93. The van der Waals surface area contributed by atoms with Crippen LogP contribution < -0.4 is 10.6 Å². The van der Waals surface area contributed by atoms with E-state index < -0.39 is 0 Å². The molecule has 1 heterocycles. The summed E-state index contributed by atoms with van der Waals surface area (Å²) in [7, 11) is 3.67. The fourth-order valence-corrected chi connectivity index (χ4v) is 2.23. The molecule has 2 rings (SSSR count). The van der Waals surface area contributed by atoms with Gasteiger partial charge in [-0.25, -0.2) is 4.99 Å². The van der Waals surface area contributed by atoms with Crippen molar-refractivity contribution in [1.29, 1.82) is 0 Å². The quantitative estimate of drug-likeness (QED) is 0.433. The highest BCUT2D eigenvalue weighted by Gasteiger charge is 2.06. The van der Waals surface area contributed by atoms with Gasteiger partial charge in [-0.2, -0.15) is 0 Å². The summed E-state index contributed by atoms with van der Waals surface area (Å²) in [6.07, 6.45) is 0.921. The zero-order valence-corrected chi connectivity index (χ0v) is 15.5. The first-order valence-electron chi connectivity index (χ1n) is 8.51. The van der Waals surface area contributed by atoms with Crippen LogP contribution in [0, 0.1) is 13.8 Å². The first kappa shape index (κ1) is 18.9. The highest BCUT2D eigenvalue weighted by Crippen LogP contribution is 2.04. The lowest BCUT2D eigenvalue weighted by Gasteiger charge is -2.12. The molecule has 0 saturated carbocycles. The summed E-state index contributed by atoms with van der Waals surface area (Å²) in [6.45, 7) is 6.73. The molecule has 0 radical (unpaired) electrons. The Morgan fingerprint density at radius 3 is 2.56 bits per heavy atom. The van der Waals surface area contributed by atoms with E-state index in [0.29, 0.717) is 13.1 Å².